The maximum Gasteiger partial charge on any atom is 0.276 e. The van der Waals surface area contributed by atoms with Crippen LogP contribution in [0.5, 0.6) is 0 Å². The topological polar surface area (TPSA) is 184 Å². The fourth-order valence-corrected chi connectivity index (χ4v) is 3.40. The van der Waals surface area contributed by atoms with E-state index in [1.54, 1.807) is 31.2 Å². The molecular weight excluding hydrogens is 468 g/mol. The average Bonchev–Trinajstić information content (AvgIpc) is 2.88. The van der Waals surface area contributed by atoms with E-state index >= 15 is 0 Å². The number of hydrogen-bond donors (Lipinski definition) is 4. The summed E-state index contributed by atoms with van der Waals surface area (Å²) in [6.07, 6.45) is 0.632. The van der Waals surface area contributed by atoms with Crippen LogP contribution in [-0.2, 0) is 0 Å². The Kier molecular flexibility index (Phi) is 6.90. The smallest absolute Gasteiger partial charge is 0.276 e. The number of nitro groups is 1. The lowest BCUT2D eigenvalue weighted by molar-refractivity contribution is -0.384. The van der Waals surface area contributed by atoms with Crippen LogP contribution in [0.1, 0.15) is 46.3 Å². The SMILES string of the molecule is C[C@H](O)c1ccc([C@H](O)/C(=N\NC(=O)c2ccncc2)c2nc3ccc([N+](=O)[O-])cc3[nH]c2=O)cc1. The van der Waals surface area contributed by atoms with Gasteiger partial charge in [-0.3, -0.25) is 24.7 Å². The number of nitrogens with zero attached hydrogens (tertiary/aromatic N) is 4. The molecule has 0 saturated heterocycles. The number of amides is 1. The van der Waals surface area contributed by atoms with Crippen molar-refractivity contribution in [2.75, 3.05) is 0 Å². The molecule has 2 heterocycles. The number of non-ortho nitro benzene ring substituents is 1. The summed E-state index contributed by atoms with van der Waals surface area (Å²) in [5, 5.41) is 36.0. The third kappa shape index (κ3) is 5.14. The fraction of sp³-hybridized carbons (Fsp3) is 0.125. The first-order valence-corrected chi connectivity index (χ1v) is 10.7. The van der Waals surface area contributed by atoms with Crippen LogP contribution in [0.4, 0.5) is 5.69 Å². The Balaban J connectivity index is 1.79. The molecule has 182 valence electrons. The number of aliphatic hydroxyl groups excluding tert-OH is 2. The van der Waals surface area contributed by atoms with Crippen LogP contribution in [-0.4, -0.2) is 41.7 Å². The van der Waals surface area contributed by atoms with Crippen LogP contribution >= 0.6 is 0 Å². The number of aliphatic hydroxyl groups is 2. The van der Waals surface area contributed by atoms with Gasteiger partial charge in [0.15, 0.2) is 5.69 Å². The number of hydrazone groups is 1. The standard InChI is InChI=1S/C24H20N6O6/c1-13(31)14-2-4-15(5-3-14)22(32)20(28-29-23(33)16-8-10-25-11-9-16)21-24(34)27-19-12-17(30(35)36)6-7-18(19)26-21/h2-13,22,31-32H,1H3,(H,27,34)(H,29,33)/b28-20-/t13-,22-/m0/s1. The molecule has 4 N–H and O–H groups in total. The normalized spacial score (nSPS) is 13.2. The van der Waals surface area contributed by atoms with E-state index in [1.807, 2.05) is 0 Å². The van der Waals surface area contributed by atoms with E-state index in [0.717, 1.165) is 0 Å². The highest BCUT2D eigenvalue weighted by Crippen LogP contribution is 2.22. The molecule has 0 saturated carbocycles. The Morgan fingerprint density at radius 1 is 1.08 bits per heavy atom. The monoisotopic (exact) mass is 488 g/mol. The maximum absolute atomic E-state index is 12.9. The first-order chi connectivity index (χ1) is 17.2. The Morgan fingerprint density at radius 3 is 2.39 bits per heavy atom. The van der Waals surface area contributed by atoms with Gasteiger partial charge in [0.1, 0.15) is 11.8 Å². The summed E-state index contributed by atoms with van der Waals surface area (Å²) in [5.74, 6) is -0.612. The van der Waals surface area contributed by atoms with E-state index in [1.165, 1.54) is 42.7 Å². The Hall–Kier alpha value is -4.81. The van der Waals surface area contributed by atoms with E-state index < -0.39 is 28.6 Å². The van der Waals surface area contributed by atoms with E-state index in [0.29, 0.717) is 11.1 Å². The molecule has 0 radical (unpaired) electrons. The van der Waals surface area contributed by atoms with Gasteiger partial charge in [-0.2, -0.15) is 5.10 Å². The number of nitrogens with one attached hydrogen (secondary N) is 2. The van der Waals surface area contributed by atoms with Gasteiger partial charge in [0.05, 0.1) is 22.1 Å². The zero-order valence-corrected chi connectivity index (χ0v) is 18.8. The number of rotatable bonds is 7. The summed E-state index contributed by atoms with van der Waals surface area (Å²) in [5.41, 5.74) is 2.26. The average molecular weight is 488 g/mol. The Morgan fingerprint density at radius 2 is 1.75 bits per heavy atom. The van der Waals surface area contributed by atoms with Crippen LogP contribution < -0.4 is 11.0 Å². The summed E-state index contributed by atoms with van der Waals surface area (Å²) in [6.45, 7) is 1.59. The molecule has 0 fully saturated rings. The highest BCUT2D eigenvalue weighted by molar-refractivity contribution is 6.04. The van der Waals surface area contributed by atoms with Gasteiger partial charge in [-0.1, -0.05) is 24.3 Å². The van der Waals surface area contributed by atoms with Crippen LogP contribution in [0, 0.1) is 10.1 Å². The molecule has 12 heteroatoms. The number of aromatic amines is 1. The molecule has 0 aliphatic heterocycles. The minimum atomic E-state index is -1.49. The summed E-state index contributed by atoms with van der Waals surface area (Å²) >= 11 is 0. The largest absolute Gasteiger partial charge is 0.389 e. The molecule has 0 aliphatic carbocycles. The van der Waals surface area contributed by atoms with Crippen LogP contribution in [0.2, 0.25) is 0 Å². The summed E-state index contributed by atoms with van der Waals surface area (Å²) < 4.78 is 0. The number of carbonyl (C=O) groups excluding carboxylic acids is 1. The molecule has 36 heavy (non-hydrogen) atoms. The Labute approximate surface area is 203 Å². The molecule has 0 aliphatic rings. The van der Waals surface area contributed by atoms with Crippen molar-refractivity contribution in [2.24, 2.45) is 5.10 Å². The van der Waals surface area contributed by atoms with E-state index in [-0.39, 0.29) is 33.7 Å². The van der Waals surface area contributed by atoms with Crippen molar-refractivity contribution in [1.29, 1.82) is 0 Å². The van der Waals surface area contributed by atoms with Crippen molar-refractivity contribution in [3.8, 4) is 0 Å². The second-order valence-corrected chi connectivity index (χ2v) is 7.79. The molecule has 12 nitrogen and oxygen atoms in total. The molecule has 4 aromatic rings. The number of pyridine rings is 1. The number of H-pyrrole nitrogens is 1. The predicted octanol–water partition coefficient (Wildman–Crippen LogP) is 2.15. The first-order valence-electron chi connectivity index (χ1n) is 10.7. The molecule has 0 unspecified atom stereocenters. The highest BCUT2D eigenvalue weighted by atomic mass is 16.6. The van der Waals surface area contributed by atoms with Gasteiger partial charge >= 0.3 is 0 Å². The molecule has 1 amide bonds. The fourth-order valence-electron chi connectivity index (χ4n) is 3.40. The van der Waals surface area contributed by atoms with E-state index in [4.69, 9.17) is 0 Å². The van der Waals surface area contributed by atoms with Crippen LogP contribution in [0.15, 0.2) is 76.9 Å². The summed E-state index contributed by atoms with van der Waals surface area (Å²) in [7, 11) is 0. The van der Waals surface area contributed by atoms with Gasteiger partial charge in [-0.15, -0.1) is 0 Å². The summed E-state index contributed by atoms with van der Waals surface area (Å²) in [6, 6.07) is 13.0. The van der Waals surface area contributed by atoms with E-state index in [9.17, 15) is 29.9 Å². The third-order valence-corrected chi connectivity index (χ3v) is 5.34. The van der Waals surface area contributed by atoms with Gasteiger partial charge in [-0.25, -0.2) is 10.4 Å². The molecule has 2 aromatic heterocycles. The van der Waals surface area contributed by atoms with Crippen LogP contribution in [0.25, 0.3) is 11.0 Å². The number of aromatic nitrogens is 3. The van der Waals surface area contributed by atoms with Gasteiger partial charge in [0.25, 0.3) is 17.2 Å². The number of nitro benzene ring substituents is 1. The lowest BCUT2D eigenvalue weighted by Crippen LogP contribution is -2.29. The number of carbonyl (C=O) groups is 1. The van der Waals surface area contributed by atoms with Crippen molar-refractivity contribution in [3.63, 3.8) is 0 Å². The van der Waals surface area contributed by atoms with Gasteiger partial charge in [0.2, 0.25) is 0 Å². The lowest BCUT2D eigenvalue weighted by Gasteiger charge is -2.15. The zero-order valence-electron chi connectivity index (χ0n) is 18.8. The molecule has 4 rings (SSSR count). The maximum atomic E-state index is 12.9. The molecule has 2 aromatic carbocycles. The third-order valence-electron chi connectivity index (χ3n) is 5.34. The zero-order chi connectivity index (χ0) is 25.8. The first kappa shape index (κ1) is 24.3. The highest BCUT2D eigenvalue weighted by Gasteiger charge is 2.24. The van der Waals surface area contributed by atoms with Gasteiger partial charge in [0, 0.05) is 30.1 Å². The summed E-state index contributed by atoms with van der Waals surface area (Å²) in [4.78, 5) is 46.5. The second kappa shape index (κ2) is 10.2. The van der Waals surface area contributed by atoms with Crippen molar-refractivity contribution in [1.82, 2.24) is 20.4 Å². The molecular formula is C24H20N6O6. The molecule has 0 bridgehead atoms. The Bertz CT molecular complexity index is 1520. The molecule has 2 atom stereocenters. The number of fused-ring (bicyclic) bond motifs is 1. The van der Waals surface area contributed by atoms with Crippen molar-refractivity contribution < 1.29 is 19.9 Å². The van der Waals surface area contributed by atoms with Crippen molar-refractivity contribution in [2.45, 2.75) is 19.1 Å². The number of benzene rings is 2. The number of hydrogen-bond acceptors (Lipinski definition) is 9. The van der Waals surface area contributed by atoms with Crippen LogP contribution in [0.3, 0.4) is 0 Å². The molecule has 0 spiro atoms. The minimum Gasteiger partial charge on any atom is -0.389 e. The quantitative estimate of drug-likeness (QED) is 0.173. The lowest BCUT2D eigenvalue weighted by atomic mass is 10.00. The van der Waals surface area contributed by atoms with Gasteiger partial charge < -0.3 is 15.2 Å². The predicted molar refractivity (Wildman–Crippen MR) is 129 cm³/mol. The van der Waals surface area contributed by atoms with Crippen molar-refractivity contribution in [3.05, 3.63) is 110 Å². The van der Waals surface area contributed by atoms with Crippen molar-refractivity contribution >= 4 is 28.3 Å². The van der Waals surface area contributed by atoms with E-state index in [2.05, 4.69) is 25.5 Å². The minimum absolute atomic E-state index is 0.119. The van der Waals surface area contributed by atoms with Gasteiger partial charge in [-0.05, 0) is 36.2 Å². The second-order valence-electron chi connectivity index (χ2n) is 7.79.